The van der Waals surface area contributed by atoms with Gasteiger partial charge in [-0.15, -0.1) is 0 Å². The summed E-state index contributed by atoms with van der Waals surface area (Å²) < 4.78 is 1.08. The highest BCUT2D eigenvalue weighted by molar-refractivity contribution is 5.75. The molecule has 4 aliphatic carbocycles. The molecule has 1 heterocycles. The van der Waals surface area contributed by atoms with Gasteiger partial charge in [-0.2, -0.15) is 0 Å². The lowest BCUT2D eigenvalue weighted by Crippen LogP contribution is -3.00. The van der Waals surface area contributed by atoms with Gasteiger partial charge >= 0.3 is 0 Å². The molecule has 1 aliphatic heterocycles. The van der Waals surface area contributed by atoms with Gasteiger partial charge in [0.05, 0.1) is 44.5 Å². The summed E-state index contributed by atoms with van der Waals surface area (Å²) in [5.41, 5.74) is 1.28. The van der Waals surface area contributed by atoms with E-state index in [0.29, 0.717) is 36.0 Å². The van der Waals surface area contributed by atoms with Crippen molar-refractivity contribution in [1.82, 2.24) is 5.32 Å². The van der Waals surface area contributed by atoms with E-state index >= 15 is 0 Å². The third-order valence-electron chi connectivity index (χ3n) is 14.1. The Morgan fingerprint density at radius 3 is 2.45 bits per heavy atom. The zero-order valence-electron chi connectivity index (χ0n) is 27.5. The predicted octanol–water partition coefficient (Wildman–Crippen LogP) is 2.30. The molecule has 6 nitrogen and oxygen atoms in total. The van der Waals surface area contributed by atoms with Crippen molar-refractivity contribution in [1.29, 1.82) is 0 Å². The summed E-state index contributed by atoms with van der Waals surface area (Å²) in [5.74, 6) is 2.13. The molecule has 0 aromatic heterocycles. The van der Waals surface area contributed by atoms with E-state index in [4.69, 9.17) is 0 Å². The SMILES string of the molecule is C[C@H](CCC(=O)NCC[N+]1(Cc2ccccc2)CCCC1)[C@H]1CC[C@H]2[C@@H]3[C@H](O)C[C@@H]4C[C@H](O)CC[C@]4(C)[C@H]3C[C@H](O)[C@]12C.[Br-]. The minimum Gasteiger partial charge on any atom is -1.00 e. The van der Waals surface area contributed by atoms with E-state index in [0.717, 1.165) is 75.5 Å². The highest BCUT2D eigenvalue weighted by Gasteiger charge is 2.65. The topological polar surface area (TPSA) is 89.8 Å². The van der Waals surface area contributed by atoms with E-state index in [9.17, 15) is 20.1 Å². The number of hydrogen-bond acceptors (Lipinski definition) is 4. The number of amides is 1. The maximum Gasteiger partial charge on any atom is 0.220 e. The molecule has 1 aromatic carbocycles. The number of nitrogens with one attached hydrogen (secondary N) is 1. The number of halogens is 1. The standard InChI is InChI=1S/C37H58N2O4.BrH/c1-25(11-14-34(43)38-17-20-39(18-7-8-19-39)24-26-9-5-4-6-10-26)29-12-13-30-35-31(23-33(42)37(29,30)3)36(2)16-15-28(40)21-27(36)22-32(35)41;/h4-6,9-10,25,27-33,35,40-42H,7-8,11-24H2,1-3H3;1H/t25-,27+,28-,29-,30+,31+,32-,33+,35+,36+,37-;/m1./s1. The van der Waals surface area contributed by atoms with Crippen LogP contribution in [-0.2, 0) is 11.3 Å². The van der Waals surface area contributed by atoms with Crippen LogP contribution in [0.5, 0.6) is 0 Å². The van der Waals surface area contributed by atoms with E-state index in [1.165, 1.54) is 31.5 Å². The number of hydrogen-bond donors (Lipinski definition) is 4. The molecule has 6 rings (SSSR count). The van der Waals surface area contributed by atoms with Crippen LogP contribution in [0, 0.1) is 46.3 Å². The summed E-state index contributed by atoms with van der Waals surface area (Å²) >= 11 is 0. The van der Waals surface area contributed by atoms with Crippen molar-refractivity contribution in [2.75, 3.05) is 26.2 Å². The molecule has 4 saturated carbocycles. The Morgan fingerprint density at radius 1 is 1.00 bits per heavy atom. The molecular formula is C37H59BrN2O4. The zero-order chi connectivity index (χ0) is 30.4. The highest BCUT2D eigenvalue weighted by atomic mass is 79.9. The maximum atomic E-state index is 13.0. The summed E-state index contributed by atoms with van der Waals surface area (Å²) in [6.45, 7) is 12.2. The maximum absolute atomic E-state index is 13.0. The Balaban J connectivity index is 0.00000384. The van der Waals surface area contributed by atoms with E-state index in [1.54, 1.807) is 0 Å². The molecule has 4 N–H and O–H groups in total. The van der Waals surface area contributed by atoms with Gasteiger partial charge in [0.25, 0.3) is 0 Å². The molecule has 44 heavy (non-hydrogen) atoms. The fourth-order valence-corrected chi connectivity index (χ4v) is 11.7. The van der Waals surface area contributed by atoms with E-state index in [-0.39, 0.29) is 57.9 Å². The second kappa shape index (κ2) is 13.6. The van der Waals surface area contributed by atoms with Crippen LogP contribution >= 0.6 is 0 Å². The van der Waals surface area contributed by atoms with Crippen LogP contribution < -0.4 is 22.3 Å². The average molecular weight is 676 g/mol. The molecule has 5 aliphatic rings. The zero-order valence-corrected chi connectivity index (χ0v) is 29.1. The van der Waals surface area contributed by atoms with Gasteiger partial charge in [-0.25, -0.2) is 0 Å². The number of quaternary nitrogens is 1. The first-order chi connectivity index (χ1) is 20.6. The largest absolute Gasteiger partial charge is 1.00 e. The van der Waals surface area contributed by atoms with Crippen LogP contribution in [0.4, 0.5) is 0 Å². The number of likely N-dealkylation sites (tertiary alicyclic amines) is 1. The minimum absolute atomic E-state index is 0. The summed E-state index contributed by atoms with van der Waals surface area (Å²) in [6, 6.07) is 10.8. The number of carbonyl (C=O) groups is 1. The molecule has 0 bridgehead atoms. The summed E-state index contributed by atoms with van der Waals surface area (Å²) in [7, 11) is 0. The molecule has 0 unspecified atom stereocenters. The molecule has 1 aromatic rings. The summed E-state index contributed by atoms with van der Waals surface area (Å²) in [5, 5.41) is 37.0. The Hall–Kier alpha value is -0.990. The van der Waals surface area contributed by atoms with Crippen LogP contribution in [0.3, 0.4) is 0 Å². The van der Waals surface area contributed by atoms with Crippen molar-refractivity contribution >= 4 is 5.91 Å². The van der Waals surface area contributed by atoms with Crippen LogP contribution in [0.25, 0.3) is 0 Å². The molecule has 0 radical (unpaired) electrons. The number of nitrogens with zero attached hydrogens (tertiary/aromatic N) is 1. The lowest BCUT2D eigenvalue weighted by Gasteiger charge is -2.63. The van der Waals surface area contributed by atoms with Gasteiger partial charge in [-0.05, 0) is 97.7 Å². The smallest absolute Gasteiger partial charge is 0.220 e. The van der Waals surface area contributed by atoms with Gasteiger partial charge in [0.2, 0.25) is 5.91 Å². The first kappa shape index (κ1) is 34.3. The van der Waals surface area contributed by atoms with Crippen LogP contribution in [0.15, 0.2) is 30.3 Å². The summed E-state index contributed by atoms with van der Waals surface area (Å²) in [6.07, 6.45) is 9.34. The fourth-order valence-electron chi connectivity index (χ4n) is 11.7. The average Bonchev–Trinajstić information content (AvgIpc) is 3.59. The van der Waals surface area contributed by atoms with Gasteiger partial charge in [0.15, 0.2) is 0 Å². The number of aliphatic hydroxyl groups is 3. The van der Waals surface area contributed by atoms with Gasteiger partial charge < -0.3 is 42.1 Å². The number of benzene rings is 1. The third kappa shape index (κ3) is 6.31. The monoisotopic (exact) mass is 674 g/mol. The predicted molar refractivity (Wildman–Crippen MR) is 170 cm³/mol. The van der Waals surface area contributed by atoms with E-state index in [2.05, 4.69) is 56.4 Å². The molecule has 1 saturated heterocycles. The van der Waals surface area contributed by atoms with Gasteiger partial charge in [-0.1, -0.05) is 51.1 Å². The Labute approximate surface area is 276 Å². The van der Waals surface area contributed by atoms with Crippen molar-refractivity contribution in [3.63, 3.8) is 0 Å². The molecule has 5 fully saturated rings. The fraction of sp³-hybridized carbons (Fsp3) is 0.811. The number of carbonyl (C=O) groups excluding carboxylic acids is 1. The van der Waals surface area contributed by atoms with Crippen LogP contribution in [-0.4, -0.2) is 70.2 Å². The molecule has 1 amide bonds. The quantitative estimate of drug-likeness (QED) is 0.303. The Bertz CT molecular complexity index is 1110. The second-order valence-electron chi connectivity index (χ2n) is 16.3. The van der Waals surface area contributed by atoms with Crippen molar-refractivity contribution in [3.8, 4) is 0 Å². The van der Waals surface area contributed by atoms with Crippen LogP contribution in [0.2, 0.25) is 0 Å². The minimum atomic E-state index is -0.373. The molecule has 0 spiro atoms. The normalized spacial score (nSPS) is 41.5. The Kier molecular flexibility index (Phi) is 10.6. The third-order valence-corrected chi connectivity index (χ3v) is 14.1. The Morgan fingerprint density at radius 2 is 1.73 bits per heavy atom. The van der Waals surface area contributed by atoms with E-state index < -0.39 is 0 Å². The molecular weight excluding hydrogens is 616 g/mol. The number of aliphatic hydroxyl groups excluding tert-OH is 3. The molecule has 11 atom stereocenters. The molecule has 248 valence electrons. The van der Waals surface area contributed by atoms with E-state index in [1.807, 2.05) is 0 Å². The highest BCUT2D eigenvalue weighted by Crippen LogP contribution is 2.68. The van der Waals surface area contributed by atoms with Gasteiger partial charge in [0, 0.05) is 24.8 Å². The summed E-state index contributed by atoms with van der Waals surface area (Å²) in [4.78, 5) is 13.0. The van der Waals surface area contributed by atoms with Crippen LogP contribution in [0.1, 0.15) is 97.0 Å². The lowest BCUT2D eigenvalue weighted by molar-refractivity contribution is -0.928. The van der Waals surface area contributed by atoms with Crippen molar-refractivity contribution in [2.24, 2.45) is 46.3 Å². The van der Waals surface area contributed by atoms with Gasteiger partial charge in [0.1, 0.15) is 6.54 Å². The lowest BCUT2D eigenvalue weighted by atomic mass is 9.43. The number of rotatable bonds is 9. The number of fused-ring (bicyclic) bond motifs is 5. The first-order valence-corrected chi connectivity index (χ1v) is 17.8. The molecule has 7 heteroatoms. The van der Waals surface area contributed by atoms with Gasteiger partial charge in [-0.3, -0.25) is 4.79 Å². The second-order valence-corrected chi connectivity index (χ2v) is 16.3. The van der Waals surface area contributed by atoms with Crippen molar-refractivity contribution in [3.05, 3.63) is 35.9 Å². The van der Waals surface area contributed by atoms with Crippen molar-refractivity contribution in [2.45, 2.75) is 116 Å². The first-order valence-electron chi connectivity index (χ1n) is 17.8. The van der Waals surface area contributed by atoms with Crippen molar-refractivity contribution < 1.29 is 41.6 Å².